The lowest BCUT2D eigenvalue weighted by molar-refractivity contribution is 0.321. The molecule has 0 bridgehead atoms. The second-order valence-electron chi connectivity index (χ2n) is 3.74. The molecule has 1 aromatic heterocycles. The zero-order valence-electron chi connectivity index (χ0n) is 10.1. The molecule has 1 aromatic carbocycles. The van der Waals surface area contributed by atoms with Crippen molar-refractivity contribution >= 4 is 0 Å². The molecular formula is C13H15FN2O2. The van der Waals surface area contributed by atoms with Crippen LogP contribution in [-0.2, 0) is 6.42 Å². The summed E-state index contributed by atoms with van der Waals surface area (Å²) in [6.45, 7) is 2.71. The van der Waals surface area contributed by atoms with E-state index in [1.54, 1.807) is 18.3 Å². The molecule has 0 unspecified atom stereocenters. The largest absolute Gasteiger partial charge is 0.491 e. The summed E-state index contributed by atoms with van der Waals surface area (Å²) in [5.74, 6) is 0.913. The molecule has 1 heterocycles. The van der Waals surface area contributed by atoms with Crippen LogP contribution in [0.3, 0.4) is 0 Å². The number of rotatable bonds is 5. The van der Waals surface area contributed by atoms with Crippen molar-refractivity contribution in [1.82, 2.24) is 4.98 Å². The lowest BCUT2D eigenvalue weighted by Crippen LogP contribution is -2.02. The van der Waals surface area contributed by atoms with Crippen LogP contribution in [0.1, 0.15) is 12.8 Å². The summed E-state index contributed by atoms with van der Waals surface area (Å²) in [7, 11) is 0. The van der Waals surface area contributed by atoms with Gasteiger partial charge in [-0.05, 0) is 25.1 Å². The van der Waals surface area contributed by atoms with E-state index in [4.69, 9.17) is 14.9 Å². The maximum atomic E-state index is 13.7. The molecule has 18 heavy (non-hydrogen) atoms. The number of hydrogen-bond acceptors (Lipinski definition) is 4. The summed E-state index contributed by atoms with van der Waals surface area (Å²) in [4.78, 5) is 4.07. The van der Waals surface area contributed by atoms with Crippen LogP contribution in [0.2, 0.25) is 0 Å². The highest BCUT2D eigenvalue weighted by molar-refractivity contribution is 5.57. The van der Waals surface area contributed by atoms with Gasteiger partial charge in [-0.2, -0.15) is 0 Å². The van der Waals surface area contributed by atoms with Crippen molar-refractivity contribution in [3.8, 4) is 17.1 Å². The first-order chi connectivity index (χ1) is 8.74. The lowest BCUT2D eigenvalue weighted by atomic mass is 10.2. The number of benzene rings is 1. The first-order valence-electron chi connectivity index (χ1n) is 5.82. The van der Waals surface area contributed by atoms with Crippen LogP contribution < -0.4 is 10.5 Å². The third-order valence-corrected chi connectivity index (χ3v) is 2.43. The average molecular weight is 250 g/mol. The molecular weight excluding hydrogens is 235 g/mol. The molecule has 0 fully saturated rings. The second kappa shape index (κ2) is 5.64. The fourth-order valence-electron chi connectivity index (χ4n) is 1.61. The maximum Gasteiger partial charge on any atom is 0.196 e. The van der Waals surface area contributed by atoms with Crippen LogP contribution >= 0.6 is 0 Å². The first-order valence-corrected chi connectivity index (χ1v) is 5.82. The van der Waals surface area contributed by atoms with E-state index in [1.807, 2.05) is 6.92 Å². The van der Waals surface area contributed by atoms with Crippen LogP contribution in [-0.4, -0.2) is 18.1 Å². The Labute approximate surface area is 105 Å². The summed E-state index contributed by atoms with van der Waals surface area (Å²) in [6.07, 6.45) is 2.14. The van der Waals surface area contributed by atoms with Gasteiger partial charge < -0.3 is 14.9 Å². The molecule has 5 heteroatoms. The molecule has 0 amide bonds. The monoisotopic (exact) mass is 250 g/mol. The van der Waals surface area contributed by atoms with Crippen LogP contribution in [0.25, 0.3) is 11.3 Å². The van der Waals surface area contributed by atoms with E-state index in [0.29, 0.717) is 36.8 Å². The summed E-state index contributed by atoms with van der Waals surface area (Å²) in [6, 6.07) is 4.69. The van der Waals surface area contributed by atoms with Crippen molar-refractivity contribution in [3.05, 3.63) is 36.1 Å². The molecule has 2 N–H and O–H groups in total. The van der Waals surface area contributed by atoms with Gasteiger partial charge in [-0.3, -0.25) is 0 Å². The maximum absolute atomic E-state index is 13.7. The zero-order valence-corrected chi connectivity index (χ0v) is 10.1. The number of nitrogens with two attached hydrogens (primary N) is 1. The Balaban J connectivity index is 2.24. The predicted molar refractivity (Wildman–Crippen MR) is 65.8 cm³/mol. The van der Waals surface area contributed by atoms with Crippen molar-refractivity contribution in [2.24, 2.45) is 5.73 Å². The van der Waals surface area contributed by atoms with Gasteiger partial charge in [0.05, 0.1) is 12.8 Å². The number of oxazole rings is 1. The molecule has 0 aliphatic heterocycles. The molecule has 0 aliphatic carbocycles. The number of ether oxygens (including phenoxy) is 1. The van der Waals surface area contributed by atoms with Gasteiger partial charge >= 0.3 is 0 Å². The highest BCUT2D eigenvalue weighted by Gasteiger charge is 2.09. The third-order valence-electron chi connectivity index (χ3n) is 2.43. The molecule has 4 nitrogen and oxygen atoms in total. The standard InChI is InChI=1S/C13H15FN2O2/c1-2-17-11-4-3-9(7-10(11)14)12-8-16-13(18-12)5-6-15/h3-4,7-8H,2,5-6,15H2,1H3. The molecule has 96 valence electrons. The van der Waals surface area contributed by atoms with Crippen molar-refractivity contribution in [2.75, 3.05) is 13.2 Å². The van der Waals surface area contributed by atoms with Crippen LogP contribution in [0, 0.1) is 5.82 Å². The fraction of sp³-hybridized carbons (Fsp3) is 0.308. The van der Waals surface area contributed by atoms with Gasteiger partial charge in [-0.15, -0.1) is 0 Å². The zero-order chi connectivity index (χ0) is 13.0. The number of halogens is 1. The van der Waals surface area contributed by atoms with Crippen LogP contribution in [0.15, 0.2) is 28.8 Å². The van der Waals surface area contributed by atoms with Crippen molar-refractivity contribution in [1.29, 1.82) is 0 Å². The highest BCUT2D eigenvalue weighted by atomic mass is 19.1. The normalized spacial score (nSPS) is 10.6. The van der Waals surface area contributed by atoms with Crippen molar-refractivity contribution in [3.63, 3.8) is 0 Å². The van der Waals surface area contributed by atoms with Crippen molar-refractivity contribution < 1.29 is 13.5 Å². The smallest absolute Gasteiger partial charge is 0.196 e. The van der Waals surface area contributed by atoms with Gasteiger partial charge in [-0.1, -0.05) is 0 Å². The lowest BCUT2D eigenvalue weighted by Gasteiger charge is -2.05. The van der Waals surface area contributed by atoms with E-state index in [1.165, 1.54) is 6.07 Å². The van der Waals surface area contributed by atoms with Gasteiger partial charge in [0.2, 0.25) is 0 Å². The van der Waals surface area contributed by atoms with Crippen LogP contribution in [0.4, 0.5) is 4.39 Å². The first kappa shape index (κ1) is 12.6. The summed E-state index contributed by atoms with van der Waals surface area (Å²) in [5.41, 5.74) is 6.04. The molecule has 0 aliphatic rings. The Kier molecular flexibility index (Phi) is 3.94. The van der Waals surface area contributed by atoms with Gasteiger partial charge in [0, 0.05) is 18.5 Å². The molecule has 0 saturated heterocycles. The van der Waals surface area contributed by atoms with Gasteiger partial charge in [0.15, 0.2) is 23.2 Å². The Bertz CT molecular complexity index is 525. The minimum absolute atomic E-state index is 0.239. The molecule has 2 rings (SSSR count). The minimum atomic E-state index is -0.411. The highest BCUT2D eigenvalue weighted by Crippen LogP contribution is 2.26. The number of nitrogens with zero attached hydrogens (tertiary/aromatic N) is 1. The Morgan fingerprint density at radius 2 is 2.28 bits per heavy atom. The summed E-state index contributed by atoms with van der Waals surface area (Å²) < 4.78 is 24.3. The average Bonchev–Trinajstić information content (AvgIpc) is 2.81. The van der Waals surface area contributed by atoms with Gasteiger partial charge in [-0.25, -0.2) is 9.37 Å². The SMILES string of the molecule is CCOc1ccc(-c2cnc(CCN)o2)cc1F. The second-order valence-corrected chi connectivity index (χ2v) is 3.74. The molecule has 0 spiro atoms. The molecule has 0 radical (unpaired) electrons. The topological polar surface area (TPSA) is 61.3 Å². The van der Waals surface area contributed by atoms with Crippen LogP contribution in [0.5, 0.6) is 5.75 Å². The Hall–Kier alpha value is -1.88. The molecule has 2 aromatic rings. The summed E-state index contributed by atoms with van der Waals surface area (Å²) >= 11 is 0. The number of hydrogen-bond donors (Lipinski definition) is 1. The van der Waals surface area contributed by atoms with E-state index >= 15 is 0 Å². The minimum Gasteiger partial charge on any atom is -0.491 e. The van der Waals surface area contributed by atoms with E-state index in [2.05, 4.69) is 4.98 Å². The number of aromatic nitrogens is 1. The van der Waals surface area contributed by atoms with Gasteiger partial charge in [0.25, 0.3) is 0 Å². The van der Waals surface area contributed by atoms with E-state index < -0.39 is 5.82 Å². The quantitative estimate of drug-likeness (QED) is 0.885. The van der Waals surface area contributed by atoms with Gasteiger partial charge in [0.1, 0.15) is 0 Å². The third kappa shape index (κ3) is 2.68. The van der Waals surface area contributed by atoms with E-state index in [0.717, 1.165) is 0 Å². The van der Waals surface area contributed by atoms with E-state index in [9.17, 15) is 4.39 Å². The fourth-order valence-corrected chi connectivity index (χ4v) is 1.61. The summed E-state index contributed by atoms with van der Waals surface area (Å²) in [5, 5.41) is 0. The molecule has 0 saturated carbocycles. The predicted octanol–water partition coefficient (Wildman–Crippen LogP) is 2.38. The molecule has 0 atom stereocenters. The van der Waals surface area contributed by atoms with Crippen molar-refractivity contribution in [2.45, 2.75) is 13.3 Å². The Morgan fingerprint density at radius 3 is 2.94 bits per heavy atom. The van der Waals surface area contributed by atoms with E-state index in [-0.39, 0.29) is 5.75 Å². The Morgan fingerprint density at radius 1 is 1.44 bits per heavy atom.